The van der Waals surface area contributed by atoms with Gasteiger partial charge in [0.15, 0.2) is 0 Å². The number of ether oxygens (including phenoxy) is 1. The van der Waals surface area contributed by atoms with Gasteiger partial charge in [0, 0.05) is 38.1 Å². The van der Waals surface area contributed by atoms with Gasteiger partial charge in [-0.1, -0.05) is 35.4 Å². The second-order valence-electron chi connectivity index (χ2n) is 10.3. The highest BCUT2D eigenvalue weighted by Gasteiger charge is 2.39. The molecule has 2 fully saturated rings. The minimum Gasteiger partial charge on any atom is -0.401 e. The molecular weight excluding hydrogens is 509 g/mol. The molecule has 3 rings (SSSR count). The average molecular weight is 553 g/mol. The predicted octanol–water partition coefficient (Wildman–Crippen LogP) is 4.24. The fourth-order valence-corrected chi connectivity index (χ4v) is 5.61. The third kappa shape index (κ3) is 8.17. The van der Waals surface area contributed by atoms with E-state index in [1.54, 1.807) is 12.3 Å². The Morgan fingerprint density at radius 2 is 1.97 bits per heavy atom. The average Bonchev–Trinajstić information content (AvgIpc) is 2.87. The third-order valence-electron chi connectivity index (χ3n) is 7.42. The van der Waals surface area contributed by atoms with Crippen molar-refractivity contribution < 1.29 is 9.53 Å². The summed E-state index contributed by atoms with van der Waals surface area (Å²) < 4.78 is 6.53. The highest BCUT2D eigenvalue weighted by atomic mass is 35.5. The van der Waals surface area contributed by atoms with Crippen LogP contribution in [0.4, 0.5) is 0 Å². The van der Waals surface area contributed by atoms with Crippen molar-refractivity contribution in [1.82, 2.24) is 15.5 Å². The van der Waals surface area contributed by atoms with Crippen LogP contribution < -0.4 is 16.4 Å². The molecule has 2 aliphatic heterocycles. The summed E-state index contributed by atoms with van der Waals surface area (Å²) in [6, 6.07) is -0.281. The summed E-state index contributed by atoms with van der Waals surface area (Å²) in [4.78, 5) is 21.0. The molecule has 0 saturated carbocycles. The van der Waals surface area contributed by atoms with Crippen LogP contribution in [-0.4, -0.2) is 73.9 Å². The fourth-order valence-electron chi connectivity index (χ4n) is 5.22. The van der Waals surface area contributed by atoms with Gasteiger partial charge in [-0.2, -0.15) is 0 Å². The SMILES string of the molecule is C/C=C\C1=C(\N)[C@@H](C(=O)NC2CNCC(Cl)C2OC2CCN(C)CC2)C(/N=C/C(Cl)=C\C)=C(/C)CCC1. The van der Waals surface area contributed by atoms with Gasteiger partial charge in [-0.15, -0.1) is 11.6 Å². The molecule has 37 heavy (non-hydrogen) atoms. The van der Waals surface area contributed by atoms with Gasteiger partial charge in [-0.25, -0.2) is 0 Å². The summed E-state index contributed by atoms with van der Waals surface area (Å²) in [5.41, 5.74) is 9.92. The van der Waals surface area contributed by atoms with E-state index in [0.29, 0.717) is 29.5 Å². The van der Waals surface area contributed by atoms with Crippen molar-refractivity contribution in [3.05, 3.63) is 45.8 Å². The molecule has 0 aromatic heterocycles. The zero-order valence-electron chi connectivity index (χ0n) is 22.6. The van der Waals surface area contributed by atoms with Crippen LogP contribution >= 0.6 is 23.2 Å². The number of nitrogens with zero attached hydrogens (tertiary/aromatic N) is 2. The standard InChI is InChI=1S/C28H43Cl2N5O2/c1-5-8-19-10-7-9-18(3)26(33-15-20(29)6-2)24(25(19)31)28(36)34-23-17-32-16-22(30)27(23)37-21-11-13-35(4)14-12-21/h5-6,8,15,21-24,27,32H,7,9-14,16-17,31H2,1-4H3,(H,34,36)/b8-5-,20-6+,25-19-,26-18+,33-15+/t22?,23?,24-,27?/m1/s1. The first-order chi connectivity index (χ1) is 17.7. The number of carbonyl (C=O) groups is 1. The molecule has 0 bridgehead atoms. The first-order valence-corrected chi connectivity index (χ1v) is 14.2. The van der Waals surface area contributed by atoms with E-state index in [-0.39, 0.29) is 29.5 Å². The van der Waals surface area contributed by atoms with Gasteiger partial charge >= 0.3 is 0 Å². The molecule has 2 heterocycles. The van der Waals surface area contributed by atoms with Gasteiger partial charge in [0.2, 0.25) is 5.91 Å². The van der Waals surface area contributed by atoms with Gasteiger partial charge < -0.3 is 26.0 Å². The van der Waals surface area contributed by atoms with Crippen LogP contribution in [0.1, 0.15) is 52.9 Å². The van der Waals surface area contributed by atoms with E-state index in [4.69, 9.17) is 33.7 Å². The largest absolute Gasteiger partial charge is 0.401 e. The number of aliphatic imine (C=N–C) groups is 1. The molecule has 0 aromatic rings. The molecule has 3 aliphatic rings. The molecule has 4 atom stereocenters. The maximum atomic E-state index is 14.0. The maximum absolute atomic E-state index is 14.0. The van der Waals surface area contributed by atoms with Crippen LogP contribution in [0.15, 0.2) is 50.8 Å². The number of amides is 1. The van der Waals surface area contributed by atoms with Crippen molar-refractivity contribution in [1.29, 1.82) is 0 Å². The lowest BCUT2D eigenvalue weighted by Crippen LogP contribution is -2.61. The smallest absolute Gasteiger partial charge is 0.235 e. The van der Waals surface area contributed by atoms with Crippen molar-refractivity contribution in [2.45, 2.75) is 76.5 Å². The van der Waals surface area contributed by atoms with Crippen molar-refractivity contribution in [2.75, 3.05) is 33.2 Å². The van der Waals surface area contributed by atoms with Crippen molar-refractivity contribution in [3.8, 4) is 0 Å². The van der Waals surface area contributed by atoms with Crippen LogP contribution in [0.3, 0.4) is 0 Å². The summed E-state index contributed by atoms with van der Waals surface area (Å²) >= 11 is 13.0. The second kappa shape index (κ2) is 14.5. The molecule has 0 aromatic carbocycles. The fraction of sp³-hybridized carbons (Fsp3) is 0.643. The summed E-state index contributed by atoms with van der Waals surface area (Å²) in [5.74, 6) is -0.928. The Kier molecular flexibility index (Phi) is 11.7. The van der Waals surface area contributed by atoms with E-state index in [1.165, 1.54) is 0 Å². The number of hydrogen-bond donors (Lipinski definition) is 3. The van der Waals surface area contributed by atoms with Crippen molar-refractivity contribution in [2.24, 2.45) is 16.6 Å². The molecule has 0 radical (unpaired) electrons. The third-order valence-corrected chi connectivity index (χ3v) is 8.14. The van der Waals surface area contributed by atoms with Gasteiger partial charge in [-0.3, -0.25) is 9.79 Å². The van der Waals surface area contributed by atoms with Crippen LogP contribution in [0.2, 0.25) is 0 Å². The number of piperidine rings is 2. The molecule has 7 nitrogen and oxygen atoms in total. The Balaban J connectivity index is 1.91. The van der Waals surface area contributed by atoms with Crippen LogP contribution in [0.5, 0.6) is 0 Å². The number of nitrogens with two attached hydrogens (primary N) is 1. The maximum Gasteiger partial charge on any atom is 0.235 e. The lowest BCUT2D eigenvalue weighted by atomic mass is 9.87. The summed E-state index contributed by atoms with van der Waals surface area (Å²) in [5, 5.41) is 6.85. The van der Waals surface area contributed by atoms with E-state index >= 15 is 0 Å². The Bertz CT molecular complexity index is 950. The summed E-state index contributed by atoms with van der Waals surface area (Å²) in [7, 11) is 2.13. The minimum atomic E-state index is -0.733. The van der Waals surface area contributed by atoms with Gasteiger partial charge in [0.25, 0.3) is 0 Å². The first kappa shape index (κ1) is 29.9. The number of carbonyl (C=O) groups excluding carboxylic acids is 1. The van der Waals surface area contributed by atoms with E-state index in [9.17, 15) is 4.79 Å². The van der Waals surface area contributed by atoms with E-state index < -0.39 is 5.92 Å². The molecule has 206 valence electrons. The number of likely N-dealkylation sites (tertiary alicyclic amines) is 1. The molecule has 9 heteroatoms. The van der Waals surface area contributed by atoms with E-state index in [0.717, 1.165) is 56.3 Å². The second-order valence-corrected chi connectivity index (χ2v) is 11.3. The van der Waals surface area contributed by atoms with Gasteiger partial charge in [0.05, 0.1) is 34.4 Å². The van der Waals surface area contributed by atoms with Crippen LogP contribution in [-0.2, 0) is 9.53 Å². The molecule has 3 unspecified atom stereocenters. The lowest BCUT2D eigenvalue weighted by Gasteiger charge is -2.40. The normalized spacial score (nSPS) is 33.6. The zero-order chi connectivity index (χ0) is 26.9. The van der Waals surface area contributed by atoms with Crippen LogP contribution in [0, 0.1) is 5.92 Å². The van der Waals surface area contributed by atoms with E-state index in [2.05, 4.69) is 27.6 Å². The lowest BCUT2D eigenvalue weighted by molar-refractivity contribution is -0.126. The Morgan fingerprint density at radius 1 is 1.24 bits per heavy atom. The molecule has 1 amide bonds. The minimum absolute atomic E-state index is 0.137. The highest BCUT2D eigenvalue weighted by Crippen LogP contribution is 2.32. The zero-order valence-corrected chi connectivity index (χ0v) is 24.1. The van der Waals surface area contributed by atoms with E-state index in [1.807, 2.05) is 32.9 Å². The molecule has 2 saturated heterocycles. The first-order valence-electron chi connectivity index (χ1n) is 13.4. The Morgan fingerprint density at radius 3 is 2.65 bits per heavy atom. The van der Waals surface area contributed by atoms with Gasteiger partial charge in [0.1, 0.15) is 5.92 Å². The quantitative estimate of drug-likeness (QED) is 0.325. The van der Waals surface area contributed by atoms with Crippen molar-refractivity contribution >= 4 is 35.3 Å². The number of rotatable bonds is 7. The number of halogens is 2. The van der Waals surface area contributed by atoms with Crippen LogP contribution in [0.25, 0.3) is 0 Å². The molecular formula is C28H43Cl2N5O2. The number of nitrogens with one attached hydrogen (secondary N) is 2. The predicted molar refractivity (Wildman–Crippen MR) is 154 cm³/mol. The summed E-state index contributed by atoms with van der Waals surface area (Å²) in [6.45, 7) is 9.04. The highest BCUT2D eigenvalue weighted by molar-refractivity contribution is 6.39. The van der Waals surface area contributed by atoms with Crippen molar-refractivity contribution in [3.63, 3.8) is 0 Å². The number of alkyl halides is 1. The summed E-state index contributed by atoms with van der Waals surface area (Å²) in [6.07, 6.45) is 11.7. The van der Waals surface area contributed by atoms with Gasteiger partial charge in [-0.05, 0) is 65.5 Å². The number of hydrogen-bond acceptors (Lipinski definition) is 6. The molecule has 1 aliphatic carbocycles. The topological polar surface area (TPSA) is 92.0 Å². The molecule has 0 spiro atoms. The molecule has 4 N–H and O–H groups in total. The number of allylic oxidation sites excluding steroid dienone is 6. The monoisotopic (exact) mass is 551 g/mol. The Labute approximate surface area is 232 Å². The Hall–Kier alpha value is -1.64.